The Bertz CT molecular complexity index is 260. The van der Waals surface area contributed by atoms with Crippen molar-refractivity contribution in [2.75, 3.05) is 0 Å². The molecule has 0 saturated carbocycles. The van der Waals surface area contributed by atoms with Crippen LogP contribution in [-0.2, 0) is 12.8 Å². The minimum absolute atomic E-state index is 0.0714. The third-order valence-electron chi connectivity index (χ3n) is 1.94. The highest BCUT2D eigenvalue weighted by molar-refractivity contribution is 7.09. The molecule has 74 valence electrons. The normalized spacial score (nSPS) is 12.0. The van der Waals surface area contributed by atoms with E-state index in [-0.39, 0.29) is 5.54 Å². The average Bonchev–Trinajstić information content (AvgIpc) is 2.47. The first kappa shape index (κ1) is 10.7. The number of rotatable bonds is 4. The summed E-state index contributed by atoms with van der Waals surface area (Å²) in [5.41, 5.74) is 7.03. The molecule has 0 aliphatic heterocycles. The first-order valence-electron chi connectivity index (χ1n) is 4.73. The molecule has 3 heteroatoms. The zero-order valence-electron chi connectivity index (χ0n) is 8.63. The van der Waals surface area contributed by atoms with Crippen molar-refractivity contribution in [2.45, 2.75) is 45.6 Å². The molecule has 0 spiro atoms. The van der Waals surface area contributed by atoms with Gasteiger partial charge in [0.05, 0.1) is 10.7 Å². The Hall–Kier alpha value is -0.410. The highest BCUT2D eigenvalue weighted by Gasteiger charge is 2.11. The zero-order chi connectivity index (χ0) is 9.90. The summed E-state index contributed by atoms with van der Waals surface area (Å²) in [5, 5.41) is 3.36. The number of hydrogen-bond acceptors (Lipinski definition) is 3. The van der Waals surface area contributed by atoms with E-state index in [0.29, 0.717) is 0 Å². The zero-order valence-corrected chi connectivity index (χ0v) is 9.45. The number of thiazole rings is 1. The Morgan fingerprint density at radius 1 is 1.54 bits per heavy atom. The van der Waals surface area contributed by atoms with Gasteiger partial charge < -0.3 is 5.73 Å². The summed E-state index contributed by atoms with van der Waals surface area (Å²) in [5.74, 6) is 0. The Morgan fingerprint density at radius 2 is 2.23 bits per heavy atom. The van der Waals surface area contributed by atoms with Crippen LogP contribution in [0.3, 0.4) is 0 Å². The fourth-order valence-electron chi connectivity index (χ4n) is 1.06. The Balaban J connectivity index is 2.46. The fourth-order valence-corrected chi connectivity index (χ4v) is 1.94. The van der Waals surface area contributed by atoms with Crippen LogP contribution < -0.4 is 5.73 Å². The second-order valence-corrected chi connectivity index (χ2v) is 5.02. The molecule has 0 aliphatic carbocycles. The van der Waals surface area contributed by atoms with Crippen molar-refractivity contribution >= 4 is 11.3 Å². The molecule has 0 fully saturated rings. The van der Waals surface area contributed by atoms with Gasteiger partial charge in [-0.3, -0.25) is 0 Å². The molecule has 1 aromatic rings. The molecular weight excluding hydrogens is 180 g/mol. The van der Waals surface area contributed by atoms with E-state index in [1.165, 1.54) is 10.7 Å². The maximum absolute atomic E-state index is 5.90. The maximum atomic E-state index is 5.90. The van der Waals surface area contributed by atoms with Crippen LogP contribution >= 0.6 is 11.3 Å². The third-order valence-corrected chi connectivity index (χ3v) is 2.90. The van der Waals surface area contributed by atoms with Gasteiger partial charge in [0.2, 0.25) is 0 Å². The number of aryl methyl sites for hydroxylation is 2. The largest absolute Gasteiger partial charge is 0.326 e. The van der Waals surface area contributed by atoms with Gasteiger partial charge in [-0.25, -0.2) is 4.98 Å². The predicted molar refractivity (Wildman–Crippen MR) is 58.1 cm³/mol. The SMILES string of the molecule is CCc1csc(CCC(C)(C)N)n1. The summed E-state index contributed by atoms with van der Waals surface area (Å²) >= 11 is 1.75. The Kier molecular flexibility index (Phi) is 3.45. The van der Waals surface area contributed by atoms with Crippen molar-refractivity contribution < 1.29 is 0 Å². The molecule has 0 aliphatic rings. The van der Waals surface area contributed by atoms with Gasteiger partial charge in [0, 0.05) is 17.3 Å². The lowest BCUT2D eigenvalue weighted by atomic mass is 10.0. The molecule has 0 bridgehead atoms. The van der Waals surface area contributed by atoms with E-state index in [9.17, 15) is 0 Å². The van der Waals surface area contributed by atoms with Gasteiger partial charge in [0.25, 0.3) is 0 Å². The van der Waals surface area contributed by atoms with Crippen LogP contribution in [0.25, 0.3) is 0 Å². The number of aromatic nitrogens is 1. The summed E-state index contributed by atoms with van der Waals surface area (Å²) in [7, 11) is 0. The standard InChI is InChI=1S/C10H18N2S/c1-4-8-7-13-9(12-8)5-6-10(2,3)11/h7H,4-6,11H2,1-3H3. The summed E-state index contributed by atoms with van der Waals surface area (Å²) in [6, 6.07) is 0. The molecule has 2 nitrogen and oxygen atoms in total. The van der Waals surface area contributed by atoms with Crippen molar-refractivity contribution in [1.29, 1.82) is 0 Å². The molecule has 13 heavy (non-hydrogen) atoms. The van der Waals surface area contributed by atoms with Gasteiger partial charge in [-0.2, -0.15) is 0 Å². The van der Waals surface area contributed by atoms with Gasteiger partial charge in [-0.15, -0.1) is 11.3 Å². The molecule has 0 unspecified atom stereocenters. The maximum Gasteiger partial charge on any atom is 0.0928 e. The lowest BCUT2D eigenvalue weighted by Gasteiger charge is -2.16. The van der Waals surface area contributed by atoms with Crippen LogP contribution in [0.1, 0.15) is 37.9 Å². The molecule has 0 atom stereocenters. The van der Waals surface area contributed by atoms with Crippen molar-refractivity contribution in [3.05, 3.63) is 16.1 Å². The van der Waals surface area contributed by atoms with Crippen molar-refractivity contribution in [3.63, 3.8) is 0 Å². The van der Waals surface area contributed by atoms with Crippen molar-refractivity contribution in [2.24, 2.45) is 5.73 Å². The number of hydrogen-bond donors (Lipinski definition) is 1. The molecule has 1 heterocycles. The molecule has 1 rings (SSSR count). The van der Waals surface area contributed by atoms with Crippen LogP contribution in [0.4, 0.5) is 0 Å². The number of nitrogens with zero attached hydrogens (tertiary/aromatic N) is 1. The van der Waals surface area contributed by atoms with E-state index in [2.05, 4.69) is 31.1 Å². The molecule has 0 amide bonds. The lowest BCUT2D eigenvalue weighted by molar-refractivity contribution is 0.476. The highest BCUT2D eigenvalue weighted by Crippen LogP contribution is 2.15. The van der Waals surface area contributed by atoms with Crippen LogP contribution in [0.5, 0.6) is 0 Å². The van der Waals surface area contributed by atoms with Crippen LogP contribution in [0.2, 0.25) is 0 Å². The minimum Gasteiger partial charge on any atom is -0.326 e. The second-order valence-electron chi connectivity index (χ2n) is 4.07. The Labute approximate surface area is 84.2 Å². The van der Waals surface area contributed by atoms with Crippen LogP contribution in [-0.4, -0.2) is 10.5 Å². The van der Waals surface area contributed by atoms with Gasteiger partial charge >= 0.3 is 0 Å². The van der Waals surface area contributed by atoms with Crippen LogP contribution in [0.15, 0.2) is 5.38 Å². The minimum atomic E-state index is -0.0714. The first-order chi connectivity index (χ1) is 6.01. The molecule has 2 N–H and O–H groups in total. The van der Waals surface area contributed by atoms with E-state index in [4.69, 9.17) is 5.73 Å². The first-order valence-corrected chi connectivity index (χ1v) is 5.61. The second kappa shape index (κ2) is 4.20. The fraction of sp³-hybridized carbons (Fsp3) is 0.700. The topological polar surface area (TPSA) is 38.9 Å². The Morgan fingerprint density at radius 3 is 2.69 bits per heavy atom. The summed E-state index contributed by atoms with van der Waals surface area (Å²) in [6.07, 6.45) is 3.04. The van der Waals surface area contributed by atoms with E-state index in [1.54, 1.807) is 11.3 Å². The average molecular weight is 198 g/mol. The van der Waals surface area contributed by atoms with Gasteiger partial charge in [0.1, 0.15) is 0 Å². The van der Waals surface area contributed by atoms with E-state index in [1.807, 2.05) is 0 Å². The van der Waals surface area contributed by atoms with Gasteiger partial charge in [-0.1, -0.05) is 6.92 Å². The summed E-state index contributed by atoms with van der Waals surface area (Å²) in [4.78, 5) is 4.49. The van der Waals surface area contributed by atoms with E-state index in [0.717, 1.165) is 19.3 Å². The van der Waals surface area contributed by atoms with Crippen molar-refractivity contribution in [1.82, 2.24) is 4.98 Å². The van der Waals surface area contributed by atoms with Gasteiger partial charge in [-0.05, 0) is 26.7 Å². The lowest BCUT2D eigenvalue weighted by Crippen LogP contribution is -2.32. The smallest absolute Gasteiger partial charge is 0.0928 e. The predicted octanol–water partition coefficient (Wildman–Crippen LogP) is 2.38. The molecule has 0 aromatic carbocycles. The van der Waals surface area contributed by atoms with Gasteiger partial charge in [0.15, 0.2) is 0 Å². The van der Waals surface area contributed by atoms with E-state index < -0.39 is 0 Å². The number of nitrogens with two attached hydrogens (primary N) is 1. The monoisotopic (exact) mass is 198 g/mol. The quantitative estimate of drug-likeness (QED) is 0.806. The molecule has 0 radical (unpaired) electrons. The third kappa shape index (κ3) is 3.87. The molecular formula is C10H18N2S. The molecule has 0 saturated heterocycles. The summed E-state index contributed by atoms with van der Waals surface area (Å²) < 4.78 is 0. The van der Waals surface area contributed by atoms with Crippen LogP contribution in [0, 0.1) is 0 Å². The summed E-state index contributed by atoms with van der Waals surface area (Å²) in [6.45, 7) is 6.24. The van der Waals surface area contributed by atoms with E-state index >= 15 is 0 Å². The molecule has 1 aromatic heterocycles. The highest BCUT2D eigenvalue weighted by atomic mass is 32.1. The van der Waals surface area contributed by atoms with Crippen molar-refractivity contribution in [3.8, 4) is 0 Å².